The molecule has 0 aliphatic heterocycles. The minimum Gasteiger partial charge on any atom is -0.350 e. The van der Waals surface area contributed by atoms with E-state index in [1.165, 1.54) is 30.6 Å². The molecule has 1 aromatic carbocycles. The maximum Gasteiger partial charge on any atom is 0.417 e. The van der Waals surface area contributed by atoms with Crippen LogP contribution in [0.3, 0.4) is 0 Å². The van der Waals surface area contributed by atoms with E-state index in [1.54, 1.807) is 18.2 Å². The number of amides is 2. The van der Waals surface area contributed by atoms with Gasteiger partial charge >= 0.3 is 6.18 Å². The lowest BCUT2D eigenvalue weighted by atomic mass is 10.0. The first-order valence-electron chi connectivity index (χ1n) is 8.29. The lowest BCUT2D eigenvalue weighted by Gasteiger charge is -2.15. The van der Waals surface area contributed by atoms with Crippen LogP contribution >= 0.6 is 0 Å². The molecule has 3 aromatic rings. The molecule has 0 fully saturated rings. The Labute approximate surface area is 157 Å². The molecule has 2 amide bonds. The molecule has 0 saturated carbocycles. The van der Waals surface area contributed by atoms with Crippen molar-refractivity contribution in [3.05, 3.63) is 71.7 Å². The first-order valence-corrected chi connectivity index (χ1v) is 8.29. The van der Waals surface area contributed by atoms with E-state index in [4.69, 9.17) is 0 Å². The van der Waals surface area contributed by atoms with Crippen molar-refractivity contribution < 1.29 is 22.8 Å². The van der Waals surface area contributed by atoms with E-state index in [9.17, 15) is 22.8 Å². The van der Waals surface area contributed by atoms with Crippen LogP contribution in [0.15, 0.2) is 55.0 Å². The first kappa shape index (κ1) is 19.3. The second-order valence-electron chi connectivity index (χ2n) is 5.82. The number of hydrogen-bond donors (Lipinski definition) is 2. The van der Waals surface area contributed by atoms with Crippen molar-refractivity contribution in [3.63, 3.8) is 0 Å². The number of carbonyl (C=O) groups excluding carboxylic acids is 2. The van der Waals surface area contributed by atoms with Crippen LogP contribution in [0.1, 0.15) is 26.3 Å². The Morgan fingerprint density at radius 3 is 2.32 bits per heavy atom. The Kier molecular flexibility index (Phi) is 5.53. The molecule has 144 valence electrons. The molecule has 2 heterocycles. The molecule has 0 bridgehead atoms. The van der Waals surface area contributed by atoms with E-state index in [1.807, 2.05) is 0 Å². The summed E-state index contributed by atoms with van der Waals surface area (Å²) in [6, 6.07) is 8.91. The number of halogens is 3. The zero-order valence-electron chi connectivity index (χ0n) is 14.5. The van der Waals surface area contributed by atoms with Gasteiger partial charge in [-0.1, -0.05) is 18.2 Å². The number of alkyl halides is 3. The number of aromatic nitrogens is 2. The predicted molar refractivity (Wildman–Crippen MR) is 95.6 cm³/mol. The van der Waals surface area contributed by atoms with Crippen LogP contribution in [0.5, 0.6) is 0 Å². The number of fused-ring (bicyclic) bond motifs is 1. The van der Waals surface area contributed by atoms with Crippen molar-refractivity contribution in [2.45, 2.75) is 6.18 Å². The summed E-state index contributed by atoms with van der Waals surface area (Å²) in [6.07, 6.45) is -0.907. The molecule has 0 unspecified atom stereocenters. The van der Waals surface area contributed by atoms with E-state index in [-0.39, 0.29) is 24.0 Å². The number of para-hydroxylation sites is 1. The molecule has 9 heteroatoms. The largest absolute Gasteiger partial charge is 0.417 e. The SMILES string of the molecule is O=C(NCCNC(=O)c1cnc2ccccc2c1C(F)(F)F)c1cccnc1. The average Bonchev–Trinajstić information content (AvgIpc) is 2.69. The topological polar surface area (TPSA) is 84.0 Å². The first-order chi connectivity index (χ1) is 13.4. The van der Waals surface area contributed by atoms with Crippen molar-refractivity contribution in [2.75, 3.05) is 13.1 Å². The Bertz CT molecular complexity index is 1010. The van der Waals surface area contributed by atoms with Gasteiger partial charge in [0.15, 0.2) is 0 Å². The second kappa shape index (κ2) is 8.03. The van der Waals surface area contributed by atoms with Gasteiger partial charge in [0.1, 0.15) is 0 Å². The minimum absolute atomic E-state index is 0.0435. The van der Waals surface area contributed by atoms with Crippen LogP contribution in [-0.2, 0) is 6.18 Å². The number of nitrogens with one attached hydrogen (secondary N) is 2. The Morgan fingerprint density at radius 2 is 1.64 bits per heavy atom. The van der Waals surface area contributed by atoms with Gasteiger partial charge in [0, 0.05) is 37.1 Å². The highest BCUT2D eigenvalue weighted by molar-refractivity contribution is 6.00. The standard InChI is InChI=1S/C19H15F3N4O2/c20-19(21,22)16-13-5-1-2-6-15(13)26-11-14(16)18(28)25-9-8-24-17(27)12-4-3-7-23-10-12/h1-7,10-11H,8-9H2,(H,24,27)(H,25,28). The molecule has 0 saturated heterocycles. The van der Waals surface area contributed by atoms with E-state index in [2.05, 4.69) is 20.6 Å². The van der Waals surface area contributed by atoms with Crippen LogP contribution < -0.4 is 10.6 Å². The summed E-state index contributed by atoms with van der Waals surface area (Å²) < 4.78 is 40.6. The summed E-state index contributed by atoms with van der Waals surface area (Å²) in [5.74, 6) is -1.31. The van der Waals surface area contributed by atoms with E-state index < -0.39 is 29.1 Å². The molecule has 6 nitrogen and oxygen atoms in total. The predicted octanol–water partition coefficient (Wildman–Crippen LogP) is 2.81. The third-order valence-electron chi connectivity index (χ3n) is 3.92. The third-order valence-corrected chi connectivity index (χ3v) is 3.92. The molecule has 0 atom stereocenters. The number of rotatable bonds is 5. The monoisotopic (exact) mass is 388 g/mol. The van der Waals surface area contributed by atoms with Crippen molar-refractivity contribution in [3.8, 4) is 0 Å². The van der Waals surface area contributed by atoms with Crippen LogP contribution in [0, 0.1) is 0 Å². The fourth-order valence-corrected chi connectivity index (χ4v) is 2.67. The maximum atomic E-state index is 13.5. The van der Waals surface area contributed by atoms with E-state index in [0.717, 1.165) is 6.20 Å². The number of nitrogens with zero attached hydrogens (tertiary/aromatic N) is 2. The summed E-state index contributed by atoms with van der Waals surface area (Å²) in [5.41, 5.74) is -1.11. The maximum absolute atomic E-state index is 13.5. The van der Waals surface area contributed by atoms with Gasteiger partial charge in [0.2, 0.25) is 0 Å². The van der Waals surface area contributed by atoms with Gasteiger partial charge in [0.05, 0.1) is 22.2 Å². The molecular formula is C19H15F3N4O2. The lowest BCUT2D eigenvalue weighted by molar-refractivity contribution is -0.136. The summed E-state index contributed by atoms with van der Waals surface area (Å²) in [6.45, 7) is -0.00319. The smallest absolute Gasteiger partial charge is 0.350 e. The summed E-state index contributed by atoms with van der Waals surface area (Å²) in [4.78, 5) is 31.9. The molecule has 28 heavy (non-hydrogen) atoms. The van der Waals surface area contributed by atoms with Gasteiger partial charge in [0.25, 0.3) is 11.8 Å². The van der Waals surface area contributed by atoms with Crippen LogP contribution in [0.2, 0.25) is 0 Å². The summed E-state index contributed by atoms with van der Waals surface area (Å²) in [7, 11) is 0. The molecule has 3 rings (SSSR count). The number of hydrogen-bond acceptors (Lipinski definition) is 4. The Morgan fingerprint density at radius 1 is 0.929 bits per heavy atom. The molecule has 0 aliphatic rings. The fraction of sp³-hybridized carbons (Fsp3) is 0.158. The molecule has 0 radical (unpaired) electrons. The zero-order valence-corrected chi connectivity index (χ0v) is 14.5. The fourth-order valence-electron chi connectivity index (χ4n) is 2.67. The van der Waals surface area contributed by atoms with Gasteiger partial charge in [-0.2, -0.15) is 13.2 Å². The van der Waals surface area contributed by atoms with Crippen LogP contribution in [-0.4, -0.2) is 34.9 Å². The van der Waals surface area contributed by atoms with Crippen LogP contribution in [0.4, 0.5) is 13.2 Å². The highest BCUT2D eigenvalue weighted by Gasteiger charge is 2.37. The zero-order chi connectivity index (χ0) is 20.1. The van der Waals surface area contributed by atoms with Crippen molar-refractivity contribution in [1.29, 1.82) is 0 Å². The average molecular weight is 388 g/mol. The minimum atomic E-state index is -4.72. The molecular weight excluding hydrogens is 373 g/mol. The molecule has 0 aliphatic carbocycles. The van der Waals surface area contributed by atoms with Crippen molar-refractivity contribution >= 4 is 22.7 Å². The van der Waals surface area contributed by atoms with Crippen LogP contribution in [0.25, 0.3) is 10.9 Å². The van der Waals surface area contributed by atoms with Gasteiger partial charge in [-0.3, -0.25) is 19.6 Å². The highest BCUT2D eigenvalue weighted by atomic mass is 19.4. The number of pyridine rings is 2. The van der Waals surface area contributed by atoms with Gasteiger partial charge in [-0.05, 0) is 18.2 Å². The highest BCUT2D eigenvalue weighted by Crippen LogP contribution is 2.36. The molecule has 2 N–H and O–H groups in total. The van der Waals surface area contributed by atoms with E-state index in [0.29, 0.717) is 5.56 Å². The number of benzene rings is 1. The normalized spacial score (nSPS) is 11.2. The lowest BCUT2D eigenvalue weighted by Crippen LogP contribution is -2.35. The Hall–Kier alpha value is -3.49. The van der Waals surface area contributed by atoms with Gasteiger partial charge in [-0.25, -0.2) is 0 Å². The second-order valence-corrected chi connectivity index (χ2v) is 5.82. The van der Waals surface area contributed by atoms with Crippen molar-refractivity contribution in [1.82, 2.24) is 20.6 Å². The third kappa shape index (κ3) is 4.25. The summed E-state index contributed by atoms with van der Waals surface area (Å²) in [5, 5.41) is 4.78. The number of carbonyl (C=O) groups is 2. The molecule has 2 aromatic heterocycles. The van der Waals surface area contributed by atoms with E-state index >= 15 is 0 Å². The quantitative estimate of drug-likeness (QED) is 0.659. The molecule has 0 spiro atoms. The van der Waals surface area contributed by atoms with Crippen molar-refractivity contribution in [2.24, 2.45) is 0 Å². The Balaban J connectivity index is 1.69. The summed E-state index contributed by atoms with van der Waals surface area (Å²) >= 11 is 0. The van der Waals surface area contributed by atoms with Gasteiger partial charge < -0.3 is 10.6 Å². The van der Waals surface area contributed by atoms with Gasteiger partial charge in [-0.15, -0.1) is 0 Å².